The van der Waals surface area contributed by atoms with Gasteiger partial charge < -0.3 is 4.90 Å². The Morgan fingerprint density at radius 3 is 2.74 bits per heavy atom. The van der Waals surface area contributed by atoms with Gasteiger partial charge in [0.25, 0.3) is 5.91 Å². The number of hydrogen-bond donors (Lipinski definition) is 1. The predicted molar refractivity (Wildman–Crippen MR) is 104 cm³/mol. The number of aryl methyl sites for hydroxylation is 1. The second kappa shape index (κ2) is 7.67. The number of carbonyl (C=O) groups is 2. The lowest BCUT2D eigenvalue weighted by Crippen LogP contribution is -2.46. The van der Waals surface area contributed by atoms with Crippen molar-refractivity contribution in [2.45, 2.75) is 57.4 Å². The summed E-state index contributed by atoms with van der Waals surface area (Å²) in [5.74, 6) is 0.834. The molecule has 0 spiro atoms. The fourth-order valence-corrected chi connectivity index (χ4v) is 4.64. The Balaban J connectivity index is 1.33. The quantitative estimate of drug-likeness (QED) is 0.890. The molecule has 0 saturated carbocycles. The summed E-state index contributed by atoms with van der Waals surface area (Å²) in [6.45, 7) is 0.660. The molecule has 2 heterocycles. The van der Waals surface area contributed by atoms with E-state index in [0.717, 1.165) is 32.1 Å². The summed E-state index contributed by atoms with van der Waals surface area (Å²) in [5.41, 5.74) is 2.88. The Hall–Kier alpha value is -2.43. The van der Waals surface area contributed by atoms with E-state index < -0.39 is 6.04 Å². The van der Waals surface area contributed by atoms with Crippen molar-refractivity contribution in [1.82, 2.24) is 9.80 Å². The van der Waals surface area contributed by atoms with Crippen molar-refractivity contribution >= 4 is 17.6 Å². The molecule has 2 atom stereocenters. The van der Waals surface area contributed by atoms with Gasteiger partial charge >= 0.3 is 0 Å². The highest BCUT2D eigenvalue weighted by Gasteiger charge is 2.37. The summed E-state index contributed by atoms with van der Waals surface area (Å²) in [4.78, 5) is 28.8. The van der Waals surface area contributed by atoms with Gasteiger partial charge in [-0.15, -0.1) is 0 Å². The van der Waals surface area contributed by atoms with Gasteiger partial charge in [-0.2, -0.15) is 0 Å². The third-order valence-corrected chi connectivity index (χ3v) is 6.17. The first-order valence-electron chi connectivity index (χ1n) is 10.1. The minimum atomic E-state index is -0.396. The van der Waals surface area contributed by atoms with Crippen molar-refractivity contribution in [3.8, 4) is 0 Å². The van der Waals surface area contributed by atoms with Crippen LogP contribution in [0, 0.1) is 11.3 Å². The minimum Gasteiger partial charge on any atom is -0.331 e. The van der Waals surface area contributed by atoms with Crippen LogP contribution < -0.4 is 0 Å². The lowest BCUT2D eigenvalue weighted by atomic mass is 9.81. The lowest BCUT2D eigenvalue weighted by molar-refractivity contribution is -0.140. The van der Waals surface area contributed by atoms with Gasteiger partial charge in [-0.1, -0.05) is 30.3 Å². The number of rotatable bonds is 4. The second-order valence-corrected chi connectivity index (χ2v) is 7.91. The predicted octanol–water partition coefficient (Wildman–Crippen LogP) is 3.29. The van der Waals surface area contributed by atoms with Crippen LogP contribution in [-0.4, -0.2) is 40.0 Å². The number of benzene rings is 1. The highest BCUT2D eigenvalue weighted by Crippen LogP contribution is 2.29. The second-order valence-electron chi connectivity index (χ2n) is 7.91. The average molecular weight is 365 g/mol. The van der Waals surface area contributed by atoms with E-state index in [0.29, 0.717) is 37.6 Å². The van der Waals surface area contributed by atoms with Gasteiger partial charge in [0, 0.05) is 25.6 Å². The number of nitrogens with zero attached hydrogens (tertiary/aromatic N) is 2. The van der Waals surface area contributed by atoms with Crippen LogP contribution in [0.2, 0.25) is 0 Å². The summed E-state index contributed by atoms with van der Waals surface area (Å²) in [7, 11) is 0. The van der Waals surface area contributed by atoms with Crippen LogP contribution >= 0.6 is 0 Å². The Bertz CT molecular complexity index is 786. The number of nitrogens with one attached hydrogen (secondary N) is 1. The maximum atomic E-state index is 12.8. The van der Waals surface area contributed by atoms with Crippen LogP contribution in [-0.2, 0) is 22.4 Å². The SMILES string of the molecule is N=C1CC=CN1C(=O)[C@@H]1CCCN1C(=O)CC[C@@H]1CCc2ccccc2C1. The van der Waals surface area contributed by atoms with Gasteiger partial charge in [0.2, 0.25) is 5.91 Å². The number of likely N-dealkylation sites (tertiary alicyclic amines) is 1. The van der Waals surface area contributed by atoms with Crippen molar-refractivity contribution in [3.05, 3.63) is 47.7 Å². The fourth-order valence-electron chi connectivity index (χ4n) is 4.64. The first-order chi connectivity index (χ1) is 13.1. The van der Waals surface area contributed by atoms with Crippen molar-refractivity contribution in [2.75, 3.05) is 6.54 Å². The van der Waals surface area contributed by atoms with Crippen LogP contribution in [0.4, 0.5) is 0 Å². The van der Waals surface area contributed by atoms with Gasteiger partial charge in [-0.05, 0) is 55.6 Å². The molecule has 1 saturated heterocycles. The van der Waals surface area contributed by atoms with E-state index in [9.17, 15) is 9.59 Å². The highest BCUT2D eigenvalue weighted by atomic mass is 16.2. The highest BCUT2D eigenvalue weighted by molar-refractivity contribution is 6.03. The zero-order chi connectivity index (χ0) is 18.8. The van der Waals surface area contributed by atoms with Gasteiger partial charge in [-0.25, -0.2) is 0 Å². The number of hydrogen-bond acceptors (Lipinski definition) is 3. The molecule has 1 N–H and O–H groups in total. The Morgan fingerprint density at radius 1 is 1.15 bits per heavy atom. The molecule has 3 aliphatic rings. The maximum Gasteiger partial charge on any atom is 0.254 e. The van der Waals surface area contributed by atoms with Crippen LogP contribution in [0.5, 0.6) is 0 Å². The molecule has 1 aromatic rings. The van der Waals surface area contributed by atoms with E-state index in [-0.39, 0.29) is 11.8 Å². The first kappa shape index (κ1) is 18.0. The van der Waals surface area contributed by atoms with E-state index in [1.807, 2.05) is 6.08 Å². The largest absolute Gasteiger partial charge is 0.331 e. The summed E-state index contributed by atoms with van der Waals surface area (Å²) < 4.78 is 0. The zero-order valence-corrected chi connectivity index (χ0v) is 15.7. The van der Waals surface area contributed by atoms with Crippen LogP contribution in [0.15, 0.2) is 36.5 Å². The van der Waals surface area contributed by atoms with Crippen molar-refractivity contribution in [1.29, 1.82) is 5.41 Å². The first-order valence-corrected chi connectivity index (χ1v) is 10.1. The molecule has 4 rings (SSSR count). The number of carbonyl (C=O) groups excluding carboxylic acids is 2. The average Bonchev–Trinajstić information content (AvgIpc) is 3.34. The van der Waals surface area contributed by atoms with E-state index in [1.165, 1.54) is 16.0 Å². The third kappa shape index (κ3) is 3.68. The molecule has 2 amide bonds. The number of fused-ring (bicyclic) bond motifs is 1. The smallest absolute Gasteiger partial charge is 0.254 e. The van der Waals surface area contributed by atoms with E-state index in [1.54, 1.807) is 11.1 Å². The van der Waals surface area contributed by atoms with Crippen molar-refractivity contribution in [3.63, 3.8) is 0 Å². The molecule has 0 bridgehead atoms. The lowest BCUT2D eigenvalue weighted by Gasteiger charge is -2.28. The van der Waals surface area contributed by atoms with E-state index in [4.69, 9.17) is 5.41 Å². The van der Waals surface area contributed by atoms with Crippen molar-refractivity contribution < 1.29 is 9.59 Å². The Morgan fingerprint density at radius 2 is 1.96 bits per heavy atom. The molecule has 142 valence electrons. The van der Waals surface area contributed by atoms with E-state index >= 15 is 0 Å². The standard InChI is InChI=1S/C22H27N3O2/c23-20-8-4-14-25(20)22(27)19-7-3-13-24(19)21(26)12-10-16-9-11-17-5-1-2-6-18(17)15-16/h1-2,4-6,14,16,19,23H,3,7-13,15H2/t16-,19-/m0/s1. The van der Waals surface area contributed by atoms with Crippen molar-refractivity contribution in [2.24, 2.45) is 5.92 Å². The fraction of sp³-hybridized carbons (Fsp3) is 0.500. The molecule has 0 unspecified atom stereocenters. The number of amidine groups is 1. The molecule has 1 aromatic carbocycles. The van der Waals surface area contributed by atoms with Gasteiger partial charge in [0.05, 0.1) is 0 Å². The molecule has 0 radical (unpaired) electrons. The van der Waals surface area contributed by atoms with E-state index in [2.05, 4.69) is 24.3 Å². The maximum absolute atomic E-state index is 12.8. The third-order valence-electron chi connectivity index (χ3n) is 6.17. The summed E-state index contributed by atoms with van der Waals surface area (Å²) >= 11 is 0. The van der Waals surface area contributed by atoms with Crippen LogP contribution in [0.25, 0.3) is 0 Å². The molecule has 27 heavy (non-hydrogen) atoms. The minimum absolute atomic E-state index is 0.0967. The van der Waals surface area contributed by atoms with Gasteiger partial charge in [0.1, 0.15) is 11.9 Å². The molecule has 2 aliphatic heterocycles. The Kier molecular flexibility index (Phi) is 5.10. The molecular formula is C22H27N3O2. The normalized spacial score (nSPS) is 24.4. The zero-order valence-electron chi connectivity index (χ0n) is 15.7. The van der Waals surface area contributed by atoms with Gasteiger partial charge in [-0.3, -0.25) is 19.9 Å². The van der Waals surface area contributed by atoms with Gasteiger partial charge in [0.15, 0.2) is 0 Å². The molecule has 1 fully saturated rings. The molecule has 0 aromatic heterocycles. The summed E-state index contributed by atoms with van der Waals surface area (Å²) in [6.07, 6.45) is 10.3. The summed E-state index contributed by atoms with van der Waals surface area (Å²) in [6, 6.07) is 8.21. The topological polar surface area (TPSA) is 64.5 Å². The number of amides is 2. The Labute approximate surface area is 160 Å². The van der Waals surface area contributed by atoms with Crippen LogP contribution in [0.1, 0.15) is 49.7 Å². The molecular weight excluding hydrogens is 338 g/mol. The molecule has 1 aliphatic carbocycles. The molecule has 5 heteroatoms. The monoisotopic (exact) mass is 365 g/mol. The molecule has 5 nitrogen and oxygen atoms in total. The van der Waals surface area contributed by atoms with Crippen LogP contribution in [0.3, 0.4) is 0 Å². The summed E-state index contributed by atoms with van der Waals surface area (Å²) in [5, 5.41) is 7.89.